The number of hydrogen-bond donors (Lipinski definition) is 2. The fourth-order valence-electron chi connectivity index (χ4n) is 3.89. The number of benzene rings is 1. The number of rotatable bonds is 5. The fraction of sp³-hybridized carbons (Fsp3) is 0.632. The van der Waals surface area contributed by atoms with Crippen LogP contribution in [0.5, 0.6) is 0 Å². The number of nitrogens with zero attached hydrogens (tertiary/aromatic N) is 1. The Bertz CT molecular complexity index is 719. The first kappa shape index (κ1) is 19.3. The van der Waals surface area contributed by atoms with Crippen LogP contribution in [-0.4, -0.2) is 56.9 Å². The van der Waals surface area contributed by atoms with Crippen LogP contribution >= 0.6 is 0 Å². The molecule has 26 heavy (non-hydrogen) atoms. The molecule has 1 aliphatic heterocycles. The maximum atomic E-state index is 12.8. The summed E-state index contributed by atoms with van der Waals surface area (Å²) in [4.78, 5) is 14.0. The van der Waals surface area contributed by atoms with Crippen LogP contribution in [0.2, 0.25) is 0 Å². The second-order valence-electron chi connectivity index (χ2n) is 7.59. The topological polar surface area (TPSA) is 70.9 Å². The third-order valence-electron chi connectivity index (χ3n) is 5.73. The van der Waals surface area contributed by atoms with Crippen LogP contribution in [-0.2, 0) is 14.8 Å². The lowest BCUT2D eigenvalue weighted by Crippen LogP contribution is -3.19. The minimum absolute atomic E-state index is 0.0988. The molecule has 6 nitrogen and oxygen atoms in total. The maximum absolute atomic E-state index is 12.8. The molecule has 1 amide bonds. The zero-order chi connectivity index (χ0) is 18.7. The molecule has 1 atom stereocenters. The van der Waals surface area contributed by atoms with E-state index in [0.717, 1.165) is 23.3 Å². The van der Waals surface area contributed by atoms with E-state index in [9.17, 15) is 13.2 Å². The van der Waals surface area contributed by atoms with Gasteiger partial charge in [0, 0.05) is 6.04 Å². The molecule has 0 radical (unpaired) electrons. The monoisotopic (exact) mass is 380 g/mol. The summed E-state index contributed by atoms with van der Waals surface area (Å²) < 4.78 is 27.1. The van der Waals surface area contributed by atoms with Crippen LogP contribution in [0.4, 0.5) is 0 Å². The predicted octanol–water partition coefficient (Wildman–Crippen LogP) is 0.332. The first-order valence-corrected chi connectivity index (χ1v) is 11.0. The minimum atomic E-state index is -3.45. The predicted molar refractivity (Wildman–Crippen MR) is 100 cm³/mol. The molecule has 1 heterocycles. The van der Waals surface area contributed by atoms with E-state index >= 15 is 0 Å². The van der Waals surface area contributed by atoms with Gasteiger partial charge in [-0.05, 0) is 38.8 Å². The smallest absolute Gasteiger partial charge is 0.278 e. The van der Waals surface area contributed by atoms with Crippen molar-refractivity contribution in [3.63, 3.8) is 0 Å². The molecule has 0 unspecified atom stereocenters. The summed E-state index contributed by atoms with van der Waals surface area (Å²) >= 11 is 0. The van der Waals surface area contributed by atoms with E-state index in [0.29, 0.717) is 37.1 Å². The molecule has 144 valence electrons. The number of hydrogen-bond acceptors (Lipinski definition) is 3. The van der Waals surface area contributed by atoms with Crippen LogP contribution < -0.4 is 10.2 Å². The lowest BCUT2D eigenvalue weighted by atomic mass is 10.2. The molecule has 0 bridgehead atoms. The minimum Gasteiger partial charge on any atom is -0.348 e. The number of piperazine rings is 1. The quantitative estimate of drug-likeness (QED) is 0.774. The van der Waals surface area contributed by atoms with E-state index in [2.05, 4.69) is 5.32 Å². The molecule has 1 saturated carbocycles. The fourth-order valence-corrected chi connectivity index (χ4v) is 5.33. The van der Waals surface area contributed by atoms with Gasteiger partial charge in [-0.15, -0.1) is 0 Å². The van der Waals surface area contributed by atoms with Gasteiger partial charge in [-0.1, -0.05) is 30.5 Å². The summed E-state index contributed by atoms with van der Waals surface area (Å²) in [5.74, 6) is 0.0988. The third-order valence-corrected chi connectivity index (χ3v) is 7.64. The lowest BCUT2D eigenvalue weighted by molar-refractivity contribution is -0.917. The van der Waals surface area contributed by atoms with E-state index in [-0.39, 0.29) is 11.9 Å². The number of amides is 1. The second-order valence-corrected chi connectivity index (χ2v) is 9.52. The highest BCUT2D eigenvalue weighted by molar-refractivity contribution is 7.89. The number of carbonyl (C=O) groups excluding carboxylic acids is 1. The highest BCUT2D eigenvalue weighted by atomic mass is 32.2. The standard InChI is InChI=1S/C19H29N3O3S/c1-15-7-9-18(10-8-15)26(24,25)22-13-11-21(12-14-22)16(2)19(23)20-17-5-3-4-6-17/h7-10,16-17H,3-6,11-14H2,1-2H3,(H,20,23)/p+1/t16-/m1/s1. The van der Waals surface area contributed by atoms with Crippen molar-refractivity contribution in [1.82, 2.24) is 9.62 Å². The summed E-state index contributed by atoms with van der Waals surface area (Å²) in [5, 5.41) is 3.16. The highest BCUT2D eigenvalue weighted by Gasteiger charge is 2.35. The van der Waals surface area contributed by atoms with Gasteiger partial charge in [0.05, 0.1) is 31.1 Å². The van der Waals surface area contributed by atoms with Crippen molar-refractivity contribution in [3.8, 4) is 0 Å². The Morgan fingerprint density at radius 3 is 2.31 bits per heavy atom. The summed E-state index contributed by atoms with van der Waals surface area (Å²) in [6.07, 6.45) is 4.55. The molecule has 1 aromatic carbocycles. The van der Waals surface area contributed by atoms with E-state index in [1.165, 1.54) is 12.8 Å². The van der Waals surface area contributed by atoms with Crippen LogP contribution in [0.3, 0.4) is 0 Å². The molecular formula is C19H30N3O3S+. The molecule has 3 rings (SSSR count). The van der Waals surface area contributed by atoms with E-state index in [4.69, 9.17) is 0 Å². The zero-order valence-corrected chi connectivity index (χ0v) is 16.5. The summed E-state index contributed by atoms with van der Waals surface area (Å²) in [6.45, 7) is 6.11. The van der Waals surface area contributed by atoms with Gasteiger partial charge in [0.15, 0.2) is 6.04 Å². The molecule has 2 fully saturated rings. The van der Waals surface area contributed by atoms with Gasteiger partial charge in [-0.2, -0.15) is 4.31 Å². The third kappa shape index (κ3) is 4.27. The maximum Gasteiger partial charge on any atom is 0.278 e. The lowest BCUT2D eigenvalue weighted by Gasteiger charge is -2.34. The summed E-state index contributed by atoms with van der Waals surface area (Å²) in [7, 11) is -3.45. The van der Waals surface area contributed by atoms with Gasteiger partial charge in [0.1, 0.15) is 0 Å². The molecule has 0 aromatic heterocycles. The SMILES string of the molecule is Cc1ccc(S(=O)(=O)N2CC[NH+]([C@H](C)C(=O)NC3CCCC3)CC2)cc1. The van der Waals surface area contributed by atoms with Crippen LogP contribution in [0.15, 0.2) is 29.2 Å². The first-order chi connectivity index (χ1) is 12.4. The van der Waals surface area contributed by atoms with E-state index in [1.54, 1.807) is 16.4 Å². The molecule has 2 N–H and O–H groups in total. The average Bonchev–Trinajstić information content (AvgIpc) is 3.14. The van der Waals surface area contributed by atoms with Gasteiger partial charge < -0.3 is 10.2 Å². The molecule has 1 aliphatic carbocycles. The Labute approximate surface area is 156 Å². The summed E-state index contributed by atoms with van der Waals surface area (Å²) in [6, 6.07) is 7.17. The largest absolute Gasteiger partial charge is 0.348 e. The Morgan fingerprint density at radius 2 is 1.73 bits per heavy atom. The van der Waals surface area contributed by atoms with Gasteiger partial charge in [-0.25, -0.2) is 8.42 Å². The second kappa shape index (κ2) is 8.06. The van der Waals surface area contributed by atoms with Crippen molar-refractivity contribution in [3.05, 3.63) is 29.8 Å². The van der Waals surface area contributed by atoms with Crippen LogP contribution in [0, 0.1) is 6.92 Å². The number of nitrogens with one attached hydrogen (secondary N) is 2. The van der Waals surface area contributed by atoms with E-state index < -0.39 is 10.0 Å². The average molecular weight is 381 g/mol. The van der Waals surface area contributed by atoms with Crippen molar-refractivity contribution in [1.29, 1.82) is 0 Å². The van der Waals surface area contributed by atoms with E-state index in [1.807, 2.05) is 26.0 Å². The van der Waals surface area contributed by atoms with Crippen LogP contribution in [0.1, 0.15) is 38.2 Å². The number of carbonyl (C=O) groups is 1. The molecule has 1 aromatic rings. The molecule has 2 aliphatic rings. The van der Waals surface area contributed by atoms with Gasteiger partial charge in [0.25, 0.3) is 5.91 Å². The van der Waals surface area contributed by atoms with Crippen LogP contribution in [0.25, 0.3) is 0 Å². The van der Waals surface area contributed by atoms with Crippen molar-refractivity contribution in [2.75, 3.05) is 26.2 Å². The van der Waals surface area contributed by atoms with Crippen molar-refractivity contribution < 1.29 is 18.1 Å². The Balaban J connectivity index is 1.56. The van der Waals surface area contributed by atoms with Crippen molar-refractivity contribution >= 4 is 15.9 Å². The number of aryl methyl sites for hydroxylation is 1. The van der Waals surface area contributed by atoms with Gasteiger partial charge in [-0.3, -0.25) is 4.79 Å². The number of quaternary nitrogens is 1. The molecule has 0 spiro atoms. The number of sulfonamides is 1. The zero-order valence-electron chi connectivity index (χ0n) is 15.7. The highest BCUT2D eigenvalue weighted by Crippen LogP contribution is 2.18. The van der Waals surface area contributed by atoms with Gasteiger partial charge in [0.2, 0.25) is 10.0 Å². The van der Waals surface area contributed by atoms with Crippen molar-refractivity contribution in [2.24, 2.45) is 0 Å². The Morgan fingerprint density at radius 1 is 1.15 bits per heavy atom. The van der Waals surface area contributed by atoms with Gasteiger partial charge >= 0.3 is 0 Å². The normalized spacial score (nSPS) is 21.6. The van der Waals surface area contributed by atoms with Crippen molar-refractivity contribution in [2.45, 2.75) is 56.5 Å². The first-order valence-electron chi connectivity index (χ1n) is 9.59. The molecule has 7 heteroatoms. The molecular weight excluding hydrogens is 350 g/mol. The Hall–Kier alpha value is -1.44. The molecule has 1 saturated heterocycles. The Kier molecular flexibility index (Phi) is 5.99. The summed E-state index contributed by atoms with van der Waals surface area (Å²) in [5.41, 5.74) is 1.04.